The molecule has 0 aromatic heterocycles. The molecule has 124 valence electrons. The van der Waals surface area contributed by atoms with Gasteiger partial charge in [-0.15, -0.1) is 0 Å². The Bertz CT molecular complexity index is 859. The minimum atomic E-state index is -4.15. The van der Waals surface area contributed by atoms with E-state index in [2.05, 4.69) is 24.3 Å². The van der Waals surface area contributed by atoms with Crippen LogP contribution in [-0.2, 0) is 16.3 Å². The molecule has 0 fully saturated rings. The van der Waals surface area contributed by atoms with Crippen molar-refractivity contribution in [3.63, 3.8) is 0 Å². The zero-order chi connectivity index (χ0) is 17.0. The average Bonchev–Trinajstić information content (AvgIpc) is 2.61. The standard InChI is InChI=1S/C19H17O3PS.Na.H/c20-24(21,22)19-13-11-16(12-14-19)15-23(17-7-3-1-4-8-17)18-9-5-2-6-10-18;;/h1-14H,15H2,(H,20,21,22);;. The third kappa shape index (κ3) is 5.49. The topological polar surface area (TPSA) is 54.4 Å². The van der Waals surface area contributed by atoms with Gasteiger partial charge in [-0.25, -0.2) is 0 Å². The van der Waals surface area contributed by atoms with E-state index in [-0.39, 0.29) is 34.5 Å². The Labute approximate surface area is 171 Å². The molecular formula is C19H18NaO3PS. The van der Waals surface area contributed by atoms with Gasteiger partial charge in [0.15, 0.2) is 0 Å². The molecule has 0 bridgehead atoms. The van der Waals surface area contributed by atoms with E-state index in [4.69, 9.17) is 4.55 Å². The average molecular weight is 380 g/mol. The Balaban J connectivity index is 0.00000225. The van der Waals surface area contributed by atoms with Crippen molar-refractivity contribution in [3.05, 3.63) is 90.5 Å². The van der Waals surface area contributed by atoms with Crippen LogP contribution in [0, 0.1) is 0 Å². The summed E-state index contributed by atoms with van der Waals surface area (Å²) >= 11 is 0. The van der Waals surface area contributed by atoms with Crippen LogP contribution in [-0.4, -0.2) is 42.5 Å². The van der Waals surface area contributed by atoms with Crippen molar-refractivity contribution in [1.82, 2.24) is 0 Å². The fourth-order valence-electron chi connectivity index (χ4n) is 2.50. The van der Waals surface area contributed by atoms with Crippen molar-refractivity contribution < 1.29 is 13.0 Å². The van der Waals surface area contributed by atoms with Gasteiger partial charge in [0.2, 0.25) is 0 Å². The molecule has 0 radical (unpaired) electrons. The van der Waals surface area contributed by atoms with Crippen molar-refractivity contribution in [1.29, 1.82) is 0 Å². The molecule has 3 rings (SSSR count). The van der Waals surface area contributed by atoms with E-state index < -0.39 is 18.0 Å². The van der Waals surface area contributed by atoms with Gasteiger partial charge in [0, 0.05) is 6.16 Å². The van der Waals surface area contributed by atoms with Crippen molar-refractivity contribution >= 4 is 58.2 Å². The molecule has 0 unspecified atom stereocenters. The van der Waals surface area contributed by atoms with Gasteiger partial charge in [0.1, 0.15) is 0 Å². The fraction of sp³-hybridized carbons (Fsp3) is 0.0526. The molecule has 25 heavy (non-hydrogen) atoms. The van der Waals surface area contributed by atoms with Crippen LogP contribution in [0.4, 0.5) is 0 Å². The molecule has 6 heteroatoms. The van der Waals surface area contributed by atoms with Crippen LogP contribution in [0.25, 0.3) is 0 Å². The van der Waals surface area contributed by atoms with Crippen molar-refractivity contribution in [3.8, 4) is 0 Å². The number of hydrogen-bond donors (Lipinski definition) is 1. The third-order valence-corrected chi connectivity index (χ3v) is 7.09. The first-order valence-corrected chi connectivity index (χ1v) is 10.4. The van der Waals surface area contributed by atoms with Gasteiger partial charge in [-0.05, 0) is 36.2 Å². The molecule has 0 atom stereocenters. The molecule has 3 nitrogen and oxygen atoms in total. The SMILES string of the molecule is O=S(=O)(O)c1ccc(CP(c2ccccc2)c2ccccc2)cc1.[NaH]. The first kappa shape index (κ1) is 20.3. The fourth-order valence-corrected chi connectivity index (χ4v) is 5.28. The van der Waals surface area contributed by atoms with Gasteiger partial charge in [0.25, 0.3) is 10.1 Å². The Morgan fingerprint density at radius 3 is 1.56 bits per heavy atom. The molecule has 3 aromatic rings. The maximum absolute atomic E-state index is 11.2. The monoisotopic (exact) mass is 380 g/mol. The second-order valence-electron chi connectivity index (χ2n) is 5.38. The molecular weight excluding hydrogens is 362 g/mol. The Kier molecular flexibility index (Phi) is 7.38. The van der Waals surface area contributed by atoms with E-state index in [9.17, 15) is 8.42 Å². The molecule has 0 aliphatic rings. The van der Waals surface area contributed by atoms with Crippen LogP contribution in [0.3, 0.4) is 0 Å². The Morgan fingerprint density at radius 1 is 0.720 bits per heavy atom. The van der Waals surface area contributed by atoms with Crippen LogP contribution in [0.2, 0.25) is 0 Å². The predicted octanol–water partition coefficient (Wildman–Crippen LogP) is 2.92. The van der Waals surface area contributed by atoms with E-state index in [0.717, 1.165) is 11.7 Å². The van der Waals surface area contributed by atoms with Gasteiger partial charge in [-0.1, -0.05) is 72.8 Å². The van der Waals surface area contributed by atoms with Gasteiger partial charge >= 0.3 is 29.6 Å². The second-order valence-corrected chi connectivity index (χ2v) is 9.00. The normalized spacial score (nSPS) is 11.1. The molecule has 0 saturated carbocycles. The molecule has 0 aliphatic heterocycles. The van der Waals surface area contributed by atoms with E-state index in [1.807, 2.05) is 36.4 Å². The summed E-state index contributed by atoms with van der Waals surface area (Å²) in [5, 5.41) is 2.55. The maximum atomic E-state index is 11.2. The van der Waals surface area contributed by atoms with Crippen molar-refractivity contribution in [2.75, 3.05) is 0 Å². The van der Waals surface area contributed by atoms with Crippen molar-refractivity contribution in [2.45, 2.75) is 11.1 Å². The van der Waals surface area contributed by atoms with Gasteiger partial charge in [-0.3, -0.25) is 4.55 Å². The van der Waals surface area contributed by atoms with Crippen LogP contribution in [0.1, 0.15) is 5.56 Å². The van der Waals surface area contributed by atoms with Gasteiger partial charge in [-0.2, -0.15) is 8.42 Å². The van der Waals surface area contributed by atoms with Crippen LogP contribution in [0.5, 0.6) is 0 Å². The summed E-state index contributed by atoms with van der Waals surface area (Å²) in [5.41, 5.74) is 1.04. The van der Waals surface area contributed by atoms with E-state index in [1.54, 1.807) is 12.1 Å². The van der Waals surface area contributed by atoms with E-state index >= 15 is 0 Å². The van der Waals surface area contributed by atoms with Crippen LogP contribution >= 0.6 is 7.92 Å². The van der Waals surface area contributed by atoms with Gasteiger partial charge < -0.3 is 0 Å². The molecule has 0 spiro atoms. The van der Waals surface area contributed by atoms with Gasteiger partial charge in [0.05, 0.1) is 4.90 Å². The number of rotatable bonds is 5. The molecule has 0 amide bonds. The summed E-state index contributed by atoms with van der Waals surface area (Å²) in [5.74, 6) is 0. The summed E-state index contributed by atoms with van der Waals surface area (Å²) < 4.78 is 31.4. The second kappa shape index (κ2) is 9.09. The van der Waals surface area contributed by atoms with Crippen molar-refractivity contribution in [2.24, 2.45) is 0 Å². The first-order chi connectivity index (χ1) is 11.5. The van der Waals surface area contributed by atoms with E-state index in [1.165, 1.54) is 22.7 Å². The molecule has 3 aromatic carbocycles. The molecule has 0 saturated heterocycles. The zero-order valence-electron chi connectivity index (χ0n) is 12.9. The summed E-state index contributed by atoms with van der Waals surface area (Å²) in [4.78, 5) is -0.0741. The number of hydrogen-bond acceptors (Lipinski definition) is 2. The Morgan fingerprint density at radius 2 is 1.16 bits per heavy atom. The van der Waals surface area contributed by atoms with Crippen LogP contribution in [0.15, 0.2) is 89.8 Å². The van der Waals surface area contributed by atoms with E-state index in [0.29, 0.717) is 0 Å². The summed E-state index contributed by atoms with van der Waals surface area (Å²) in [6.07, 6.45) is 0.815. The Hall–Kier alpha value is -1.000. The van der Waals surface area contributed by atoms with Crippen LogP contribution < -0.4 is 10.6 Å². The quantitative estimate of drug-likeness (QED) is 0.421. The number of benzene rings is 3. The summed E-state index contributed by atoms with van der Waals surface area (Å²) in [6, 6.07) is 27.1. The minimum absolute atomic E-state index is 0. The summed E-state index contributed by atoms with van der Waals surface area (Å²) in [6.45, 7) is 0. The zero-order valence-corrected chi connectivity index (χ0v) is 14.6. The molecule has 0 heterocycles. The molecule has 1 N–H and O–H groups in total. The molecule has 0 aliphatic carbocycles. The predicted molar refractivity (Wildman–Crippen MR) is 106 cm³/mol. The summed E-state index contributed by atoms with van der Waals surface area (Å²) in [7, 11) is -4.72. The first-order valence-electron chi connectivity index (χ1n) is 7.48. The third-order valence-electron chi connectivity index (χ3n) is 3.70.